The smallest absolute Gasteiger partial charge is 0.463 e. The lowest BCUT2D eigenvalue weighted by atomic mass is 10.1. The number of carbonyl (C=O) groups excluding carboxylic acids is 1. The van der Waals surface area contributed by atoms with E-state index in [1.165, 1.54) is 51.4 Å². The van der Waals surface area contributed by atoms with Gasteiger partial charge in [-0.25, -0.2) is 4.57 Å². The van der Waals surface area contributed by atoms with E-state index in [1.54, 1.807) is 0 Å². The first kappa shape index (κ1) is 28.3. The van der Waals surface area contributed by atoms with Gasteiger partial charge in [-0.15, -0.1) is 0 Å². The highest BCUT2D eigenvalue weighted by Crippen LogP contribution is 2.35. The van der Waals surface area contributed by atoms with E-state index in [9.17, 15) is 14.5 Å². The average Bonchev–Trinajstić information content (AvgIpc) is 2.67. The van der Waals surface area contributed by atoms with Gasteiger partial charge in [0.25, 0.3) is 0 Å². The lowest BCUT2D eigenvalue weighted by Crippen LogP contribution is -2.23. The van der Waals surface area contributed by atoms with Crippen LogP contribution in [0.5, 0.6) is 0 Å². The minimum absolute atomic E-state index is 0.282. The fourth-order valence-corrected chi connectivity index (χ4v) is 3.20. The van der Waals surface area contributed by atoms with Gasteiger partial charge in [0.2, 0.25) is 0 Å². The maximum absolute atomic E-state index is 11.5. The molecule has 0 aliphatic carbocycles. The topological polar surface area (TPSA) is 113 Å². The second-order valence-electron chi connectivity index (χ2n) is 7.46. The van der Waals surface area contributed by atoms with Crippen molar-refractivity contribution in [2.75, 3.05) is 13.2 Å². The summed E-state index contributed by atoms with van der Waals surface area (Å²) in [5, 5.41) is 9.41. The molecule has 0 aromatic rings. The summed E-state index contributed by atoms with van der Waals surface area (Å²) in [6, 6.07) is 0. The number of aliphatic hydroxyl groups is 1. The zero-order valence-corrected chi connectivity index (χ0v) is 18.9. The molecule has 0 aliphatic heterocycles. The van der Waals surface area contributed by atoms with E-state index in [1.807, 2.05) is 0 Å². The summed E-state index contributed by atoms with van der Waals surface area (Å²) in [7, 11) is -4.62. The van der Waals surface area contributed by atoms with E-state index < -0.39 is 26.5 Å². The van der Waals surface area contributed by atoms with Crippen molar-refractivity contribution in [3.8, 4) is 0 Å². The second-order valence-corrected chi connectivity index (χ2v) is 8.70. The Balaban J connectivity index is 3.38. The Morgan fingerprint density at radius 2 is 1.38 bits per heavy atom. The van der Waals surface area contributed by atoms with Crippen molar-refractivity contribution in [1.29, 1.82) is 0 Å². The normalized spacial score (nSPS) is 13.1. The SMILES string of the molecule is CCCCCCCCC=CCCCCCCCC(=O)OC[C@H](O)COP(=O)(O)O. The van der Waals surface area contributed by atoms with Crippen LogP contribution in [0, 0.1) is 0 Å². The van der Waals surface area contributed by atoms with Crippen LogP contribution in [-0.2, 0) is 18.6 Å². The van der Waals surface area contributed by atoms with Gasteiger partial charge >= 0.3 is 13.8 Å². The molecule has 0 fully saturated rings. The number of allylic oxidation sites excluding steroid dienone is 2. The molecule has 0 spiro atoms. The molecular formula is C21H41O7P. The molecule has 172 valence electrons. The molecule has 3 N–H and O–H groups in total. The van der Waals surface area contributed by atoms with E-state index in [4.69, 9.17) is 14.5 Å². The number of unbranched alkanes of at least 4 members (excludes halogenated alkanes) is 11. The lowest BCUT2D eigenvalue weighted by molar-refractivity contribution is -0.147. The van der Waals surface area contributed by atoms with Gasteiger partial charge in [0, 0.05) is 6.42 Å². The van der Waals surface area contributed by atoms with Gasteiger partial charge in [-0.2, -0.15) is 0 Å². The summed E-state index contributed by atoms with van der Waals surface area (Å²) in [6.07, 6.45) is 19.0. The van der Waals surface area contributed by atoms with Crippen molar-refractivity contribution in [2.24, 2.45) is 0 Å². The third-order valence-corrected chi connectivity index (χ3v) is 5.00. The molecule has 0 amide bonds. The summed E-state index contributed by atoms with van der Waals surface area (Å²) >= 11 is 0. The van der Waals surface area contributed by atoms with E-state index >= 15 is 0 Å². The lowest BCUT2D eigenvalue weighted by Gasteiger charge is -2.12. The highest BCUT2D eigenvalue weighted by Gasteiger charge is 2.17. The third kappa shape index (κ3) is 23.4. The minimum Gasteiger partial charge on any atom is -0.463 e. The predicted molar refractivity (Wildman–Crippen MR) is 114 cm³/mol. The maximum atomic E-state index is 11.5. The van der Waals surface area contributed by atoms with Crippen LogP contribution in [0.25, 0.3) is 0 Å². The van der Waals surface area contributed by atoms with Crippen LogP contribution in [0.3, 0.4) is 0 Å². The first-order valence-corrected chi connectivity index (χ1v) is 12.6. The van der Waals surface area contributed by atoms with Crippen molar-refractivity contribution >= 4 is 13.8 Å². The molecule has 7 nitrogen and oxygen atoms in total. The zero-order valence-electron chi connectivity index (χ0n) is 18.0. The number of esters is 1. The van der Waals surface area contributed by atoms with Crippen LogP contribution in [-0.4, -0.2) is 40.2 Å². The quantitative estimate of drug-likeness (QED) is 0.106. The minimum atomic E-state index is -4.62. The first-order valence-electron chi connectivity index (χ1n) is 11.0. The monoisotopic (exact) mass is 436 g/mol. The number of aliphatic hydroxyl groups excluding tert-OH is 1. The summed E-state index contributed by atoms with van der Waals surface area (Å²) in [5.74, 6) is -0.419. The summed E-state index contributed by atoms with van der Waals surface area (Å²) in [6.45, 7) is 1.33. The van der Waals surface area contributed by atoms with Crippen LogP contribution in [0.15, 0.2) is 12.2 Å². The number of ether oxygens (including phenoxy) is 1. The van der Waals surface area contributed by atoms with Gasteiger partial charge in [-0.05, 0) is 32.1 Å². The fraction of sp³-hybridized carbons (Fsp3) is 0.857. The number of hydrogen-bond acceptors (Lipinski definition) is 5. The molecule has 0 aromatic carbocycles. The standard InChI is InChI=1S/C21H41O7P/c1-2-3-4-5-6-7-8-9-10-11-12-13-14-15-16-17-21(23)27-18-20(22)19-28-29(24,25)26/h9-10,20,22H,2-8,11-19H2,1H3,(H2,24,25,26)/t20-/m0/s1. The van der Waals surface area contributed by atoms with Gasteiger partial charge in [-0.3, -0.25) is 9.32 Å². The molecule has 0 saturated carbocycles. The second kappa shape index (κ2) is 19.3. The first-order chi connectivity index (χ1) is 13.8. The Kier molecular flexibility index (Phi) is 18.8. The zero-order chi connectivity index (χ0) is 21.8. The van der Waals surface area contributed by atoms with E-state index in [0.717, 1.165) is 32.1 Å². The van der Waals surface area contributed by atoms with Crippen molar-refractivity contribution in [3.63, 3.8) is 0 Å². The van der Waals surface area contributed by atoms with E-state index in [-0.39, 0.29) is 13.0 Å². The number of phosphoric ester groups is 1. The Morgan fingerprint density at radius 3 is 1.93 bits per heavy atom. The van der Waals surface area contributed by atoms with Crippen LogP contribution in [0.4, 0.5) is 0 Å². The largest absolute Gasteiger partial charge is 0.469 e. The van der Waals surface area contributed by atoms with Crippen LogP contribution in [0.1, 0.15) is 96.8 Å². The van der Waals surface area contributed by atoms with E-state index in [2.05, 4.69) is 23.6 Å². The molecule has 0 heterocycles. The number of phosphoric acid groups is 1. The molecule has 0 aliphatic rings. The molecule has 29 heavy (non-hydrogen) atoms. The van der Waals surface area contributed by atoms with Gasteiger partial charge in [0.05, 0.1) is 6.61 Å². The molecule has 0 unspecified atom stereocenters. The molecular weight excluding hydrogens is 395 g/mol. The van der Waals surface area contributed by atoms with Crippen molar-refractivity contribution in [2.45, 2.75) is 103 Å². The van der Waals surface area contributed by atoms with Crippen molar-refractivity contribution < 1.29 is 33.5 Å². The van der Waals surface area contributed by atoms with Crippen LogP contribution < -0.4 is 0 Å². The van der Waals surface area contributed by atoms with E-state index in [0.29, 0.717) is 0 Å². The number of rotatable bonds is 20. The molecule has 0 bridgehead atoms. The fourth-order valence-electron chi connectivity index (χ4n) is 2.83. The Labute approximate surface area is 176 Å². The van der Waals surface area contributed by atoms with Crippen molar-refractivity contribution in [3.05, 3.63) is 12.2 Å². The molecule has 0 radical (unpaired) electrons. The molecule has 0 rings (SSSR count). The summed E-state index contributed by atoms with van der Waals surface area (Å²) in [5.41, 5.74) is 0. The third-order valence-electron chi connectivity index (χ3n) is 4.51. The van der Waals surface area contributed by atoms with Gasteiger partial charge in [0.15, 0.2) is 0 Å². The molecule has 1 atom stereocenters. The highest BCUT2D eigenvalue weighted by molar-refractivity contribution is 7.46. The van der Waals surface area contributed by atoms with Gasteiger partial charge < -0.3 is 19.6 Å². The summed E-state index contributed by atoms with van der Waals surface area (Å²) in [4.78, 5) is 28.6. The average molecular weight is 437 g/mol. The Morgan fingerprint density at radius 1 is 0.862 bits per heavy atom. The van der Waals surface area contributed by atoms with Crippen LogP contribution in [0.2, 0.25) is 0 Å². The van der Waals surface area contributed by atoms with Crippen LogP contribution >= 0.6 is 7.82 Å². The number of hydrogen-bond donors (Lipinski definition) is 3. The Hall–Kier alpha value is -0.720. The molecule has 0 aromatic heterocycles. The molecule has 8 heteroatoms. The Bertz CT molecular complexity index is 462. The maximum Gasteiger partial charge on any atom is 0.469 e. The molecule has 0 saturated heterocycles. The van der Waals surface area contributed by atoms with Gasteiger partial charge in [0.1, 0.15) is 12.7 Å². The highest BCUT2D eigenvalue weighted by atomic mass is 31.2. The predicted octanol–water partition coefficient (Wildman–Crippen LogP) is 5.04. The van der Waals surface area contributed by atoms with Gasteiger partial charge in [-0.1, -0.05) is 70.4 Å². The number of carbonyl (C=O) groups is 1. The van der Waals surface area contributed by atoms with Crippen molar-refractivity contribution in [1.82, 2.24) is 0 Å². The summed E-state index contributed by atoms with van der Waals surface area (Å²) < 4.78 is 19.5.